The van der Waals surface area contributed by atoms with E-state index >= 15 is 0 Å². The molecule has 2 amide bonds. The number of hydrogen-bond acceptors (Lipinski definition) is 5. The lowest BCUT2D eigenvalue weighted by molar-refractivity contribution is -0.00614. The van der Waals surface area contributed by atoms with Gasteiger partial charge < -0.3 is 24.0 Å². The molecule has 3 rings (SSSR count). The van der Waals surface area contributed by atoms with Gasteiger partial charge in [0.05, 0.1) is 12.6 Å². The van der Waals surface area contributed by atoms with Gasteiger partial charge in [-0.05, 0) is 50.6 Å². The molecule has 178 valence electrons. The second kappa shape index (κ2) is 11.0. The van der Waals surface area contributed by atoms with Crippen molar-refractivity contribution in [2.45, 2.75) is 45.4 Å². The Bertz CT molecular complexity index is 915. The van der Waals surface area contributed by atoms with Gasteiger partial charge in [-0.1, -0.05) is 30.3 Å². The second-order valence-electron chi connectivity index (χ2n) is 8.90. The SMILES string of the molecule is CC(C)(C)OC(=O)N1CCN(C(=O)OCc2ccccc2)C[C@H]1CCOc1ccc(F)cc1. The van der Waals surface area contributed by atoms with Crippen LogP contribution in [-0.4, -0.2) is 59.9 Å². The maximum atomic E-state index is 13.1. The standard InChI is InChI=1S/C25H31FN2O5/c1-25(2,3)33-24(30)28-15-14-27(23(29)32-18-19-7-5-4-6-8-19)17-21(28)13-16-31-22-11-9-20(26)10-12-22/h4-12,21H,13-18H2,1-3H3/t21-/m1/s1. The van der Waals surface area contributed by atoms with Crippen molar-refractivity contribution in [3.8, 4) is 5.75 Å². The number of benzene rings is 2. The summed E-state index contributed by atoms with van der Waals surface area (Å²) in [6.45, 7) is 6.91. The normalized spacial score (nSPS) is 16.3. The van der Waals surface area contributed by atoms with Crippen molar-refractivity contribution in [2.75, 3.05) is 26.2 Å². The Hall–Kier alpha value is -3.29. The number of rotatable bonds is 6. The maximum Gasteiger partial charge on any atom is 0.410 e. The Morgan fingerprint density at radius 3 is 2.36 bits per heavy atom. The van der Waals surface area contributed by atoms with Crippen LogP contribution in [0.5, 0.6) is 5.75 Å². The third-order valence-electron chi connectivity index (χ3n) is 5.11. The minimum absolute atomic E-state index is 0.185. The van der Waals surface area contributed by atoms with E-state index in [4.69, 9.17) is 14.2 Å². The van der Waals surface area contributed by atoms with E-state index in [1.54, 1.807) is 21.9 Å². The summed E-state index contributed by atoms with van der Waals surface area (Å²) >= 11 is 0. The number of hydrogen-bond donors (Lipinski definition) is 0. The van der Waals surface area contributed by atoms with Gasteiger partial charge in [-0.2, -0.15) is 0 Å². The predicted molar refractivity (Wildman–Crippen MR) is 121 cm³/mol. The number of amides is 2. The molecule has 1 fully saturated rings. The number of carbonyl (C=O) groups is 2. The van der Waals surface area contributed by atoms with E-state index in [-0.39, 0.29) is 18.5 Å². The van der Waals surface area contributed by atoms with E-state index in [0.717, 1.165) is 5.56 Å². The molecule has 0 aliphatic carbocycles. The summed E-state index contributed by atoms with van der Waals surface area (Å²) in [5.74, 6) is 0.200. The molecule has 2 aromatic rings. The van der Waals surface area contributed by atoms with Crippen LogP contribution in [-0.2, 0) is 16.1 Å². The molecule has 1 aliphatic rings. The molecule has 0 radical (unpaired) electrons. The van der Waals surface area contributed by atoms with Crippen LogP contribution in [0, 0.1) is 5.82 Å². The number of nitrogens with zero attached hydrogens (tertiary/aromatic N) is 2. The van der Waals surface area contributed by atoms with Crippen LogP contribution in [0.2, 0.25) is 0 Å². The van der Waals surface area contributed by atoms with Gasteiger partial charge >= 0.3 is 12.2 Å². The van der Waals surface area contributed by atoms with Gasteiger partial charge in [-0.3, -0.25) is 0 Å². The molecular formula is C25H31FN2O5. The Morgan fingerprint density at radius 2 is 1.70 bits per heavy atom. The molecule has 1 saturated heterocycles. The summed E-state index contributed by atoms with van der Waals surface area (Å²) in [6, 6.07) is 14.9. The molecule has 0 bridgehead atoms. The third kappa shape index (κ3) is 7.66. The monoisotopic (exact) mass is 458 g/mol. The Labute approximate surface area is 194 Å². The van der Waals surface area contributed by atoms with Crippen molar-refractivity contribution in [3.63, 3.8) is 0 Å². The highest BCUT2D eigenvalue weighted by molar-refractivity contribution is 5.71. The van der Waals surface area contributed by atoms with E-state index in [9.17, 15) is 14.0 Å². The van der Waals surface area contributed by atoms with Gasteiger partial charge in [0, 0.05) is 26.1 Å². The lowest BCUT2D eigenvalue weighted by atomic mass is 10.1. The molecule has 1 aliphatic heterocycles. The third-order valence-corrected chi connectivity index (χ3v) is 5.11. The van der Waals surface area contributed by atoms with E-state index in [1.165, 1.54) is 12.1 Å². The summed E-state index contributed by atoms with van der Waals surface area (Å²) in [6.07, 6.45) is -0.377. The van der Waals surface area contributed by atoms with Crippen molar-refractivity contribution in [3.05, 3.63) is 66.0 Å². The highest BCUT2D eigenvalue weighted by atomic mass is 19.1. The van der Waals surface area contributed by atoms with Crippen molar-refractivity contribution < 1.29 is 28.2 Å². The van der Waals surface area contributed by atoms with E-state index in [2.05, 4.69) is 0 Å². The first-order chi connectivity index (χ1) is 15.7. The molecule has 1 atom stereocenters. The molecule has 1 heterocycles. The predicted octanol–water partition coefficient (Wildman–Crippen LogP) is 4.85. The van der Waals surface area contributed by atoms with E-state index in [0.29, 0.717) is 38.4 Å². The average molecular weight is 459 g/mol. The number of piperazine rings is 1. The molecule has 33 heavy (non-hydrogen) atoms. The average Bonchev–Trinajstić information content (AvgIpc) is 2.78. The van der Waals surface area contributed by atoms with Crippen LogP contribution in [0.1, 0.15) is 32.8 Å². The maximum absolute atomic E-state index is 13.1. The Morgan fingerprint density at radius 1 is 1.00 bits per heavy atom. The summed E-state index contributed by atoms with van der Waals surface area (Å²) < 4.78 is 29.8. The van der Waals surface area contributed by atoms with E-state index < -0.39 is 17.8 Å². The van der Waals surface area contributed by atoms with Crippen LogP contribution in [0.15, 0.2) is 54.6 Å². The first-order valence-electron chi connectivity index (χ1n) is 11.0. The number of ether oxygens (including phenoxy) is 3. The molecular weight excluding hydrogens is 427 g/mol. The molecule has 0 spiro atoms. The summed E-state index contributed by atoms with van der Waals surface area (Å²) in [5.41, 5.74) is 0.278. The van der Waals surface area contributed by atoms with Crippen molar-refractivity contribution in [2.24, 2.45) is 0 Å². The largest absolute Gasteiger partial charge is 0.494 e. The molecule has 0 N–H and O–H groups in total. The summed E-state index contributed by atoms with van der Waals surface area (Å²) in [7, 11) is 0. The Balaban J connectivity index is 1.60. The molecule has 2 aromatic carbocycles. The van der Waals surface area contributed by atoms with Gasteiger partial charge in [0.15, 0.2) is 0 Å². The van der Waals surface area contributed by atoms with Gasteiger partial charge in [-0.15, -0.1) is 0 Å². The summed E-state index contributed by atoms with van der Waals surface area (Å²) in [5, 5.41) is 0. The fourth-order valence-corrected chi connectivity index (χ4v) is 3.48. The van der Waals surface area contributed by atoms with Crippen LogP contribution in [0.25, 0.3) is 0 Å². The van der Waals surface area contributed by atoms with Crippen molar-refractivity contribution in [1.29, 1.82) is 0 Å². The van der Waals surface area contributed by atoms with Crippen LogP contribution in [0.4, 0.5) is 14.0 Å². The molecule has 0 saturated carbocycles. The molecule has 0 unspecified atom stereocenters. The van der Waals surface area contributed by atoms with Gasteiger partial charge in [0.25, 0.3) is 0 Å². The first-order valence-corrected chi connectivity index (χ1v) is 11.0. The zero-order valence-corrected chi connectivity index (χ0v) is 19.3. The molecule has 0 aromatic heterocycles. The highest BCUT2D eigenvalue weighted by Gasteiger charge is 2.35. The fourth-order valence-electron chi connectivity index (χ4n) is 3.48. The second-order valence-corrected chi connectivity index (χ2v) is 8.90. The van der Waals surface area contributed by atoms with Crippen LogP contribution in [0.3, 0.4) is 0 Å². The van der Waals surface area contributed by atoms with Gasteiger partial charge in [0.1, 0.15) is 23.8 Å². The van der Waals surface area contributed by atoms with Gasteiger partial charge in [0.2, 0.25) is 0 Å². The zero-order valence-electron chi connectivity index (χ0n) is 19.3. The first kappa shape index (κ1) is 24.4. The quantitative estimate of drug-likeness (QED) is 0.619. The zero-order chi connectivity index (χ0) is 23.8. The van der Waals surface area contributed by atoms with Gasteiger partial charge in [-0.25, -0.2) is 14.0 Å². The Kier molecular flexibility index (Phi) is 8.14. The molecule has 8 heteroatoms. The number of halogens is 1. The van der Waals surface area contributed by atoms with E-state index in [1.807, 2.05) is 51.1 Å². The summed E-state index contributed by atoms with van der Waals surface area (Å²) in [4.78, 5) is 28.7. The topological polar surface area (TPSA) is 68.3 Å². The van der Waals surface area contributed by atoms with Crippen molar-refractivity contribution >= 4 is 12.2 Å². The van der Waals surface area contributed by atoms with Crippen molar-refractivity contribution in [1.82, 2.24) is 9.80 Å². The minimum Gasteiger partial charge on any atom is -0.494 e. The minimum atomic E-state index is -0.627. The fraction of sp³-hybridized carbons (Fsp3) is 0.440. The molecule has 7 nitrogen and oxygen atoms in total. The highest BCUT2D eigenvalue weighted by Crippen LogP contribution is 2.20. The van der Waals surface area contributed by atoms with Crippen LogP contribution < -0.4 is 4.74 Å². The lowest BCUT2D eigenvalue weighted by Crippen LogP contribution is -2.57. The lowest BCUT2D eigenvalue weighted by Gasteiger charge is -2.41. The number of carbonyl (C=O) groups excluding carboxylic acids is 2. The van der Waals surface area contributed by atoms with Crippen LogP contribution >= 0.6 is 0 Å². The smallest absolute Gasteiger partial charge is 0.410 e.